The number of rotatable bonds is 5. The Hall–Kier alpha value is -1.26. The molecule has 1 aromatic carbocycles. The number of anilines is 1. The van der Waals surface area contributed by atoms with Crippen LogP contribution in [0, 0.1) is 5.92 Å². The van der Waals surface area contributed by atoms with Gasteiger partial charge in [0, 0.05) is 19.5 Å². The molecule has 0 bridgehead atoms. The van der Waals surface area contributed by atoms with E-state index in [2.05, 4.69) is 17.1 Å². The van der Waals surface area contributed by atoms with Crippen LogP contribution >= 0.6 is 12.4 Å². The van der Waals surface area contributed by atoms with Gasteiger partial charge in [-0.05, 0) is 37.4 Å². The molecule has 1 N–H and O–H groups in total. The molecule has 0 aromatic heterocycles. The molecule has 0 spiro atoms. The van der Waals surface area contributed by atoms with Crippen molar-refractivity contribution >= 4 is 24.0 Å². The fraction of sp³-hybridized carbons (Fsp3) is 0.562. The monoisotopic (exact) mass is 312 g/mol. The largest absolute Gasteiger partial charge is 0.495 e. The van der Waals surface area contributed by atoms with Crippen LogP contribution in [-0.2, 0) is 4.79 Å². The van der Waals surface area contributed by atoms with Crippen molar-refractivity contribution in [2.24, 2.45) is 5.92 Å². The number of hydrogen-bond acceptors (Lipinski definition) is 3. The third-order valence-electron chi connectivity index (χ3n) is 3.78. The maximum absolute atomic E-state index is 12.0. The Morgan fingerprint density at radius 1 is 1.43 bits per heavy atom. The molecule has 2 rings (SSSR count). The molecule has 1 amide bonds. The van der Waals surface area contributed by atoms with Crippen molar-refractivity contribution in [3.8, 4) is 5.75 Å². The second-order valence-electron chi connectivity index (χ2n) is 5.55. The molecule has 1 fully saturated rings. The van der Waals surface area contributed by atoms with Gasteiger partial charge in [-0.1, -0.05) is 19.1 Å². The standard InChI is InChI=1S/C16H24N2O2.ClH/c1-13-6-5-10-18(12-13)11-9-16(19)17-14-7-3-4-8-15(14)20-2;/h3-4,7-8,13H,5-6,9-12H2,1-2H3,(H,17,19);1H. The third-order valence-corrected chi connectivity index (χ3v) is 3.78. The summed E-state index contributed by atoms with van der Waals surface area (Å²) < 4.78 is 5.23. The maximum atomic E-state index is 12.0. The highest BCUT2D eigenvalue weighted by Gasteiger charge is 2.17. The van der Waals surface area contributed by atoms with E-state index in [0.717, 1.165) is 31.2 Å². The lowest BCUT2D eigenvalue weighted by molar-refractivity contribution is -0.116. The van der Waals surface area contributed by atoms with Crippen LogP contribution in [0.1, 0.15) is 26.2 Å². The molecule has 1 saturated heterocycles. The molecular weight excluding hydrogens is 288 g/mol. The van der Waals surface area contributed by atoms with Gasteiger partial charge in [-0.25, -0.2) is 0 Å². The lowest BCUT2D eigenvalue weighted by atomic mass is 10.0. The van der Waals surface area contributed by atoms with Gasteiger partial charge in [0.1, 0.15) is 5.75 Å². The molecule has 4 nitrogen and oxygen atoms in total. The highest BCUT2D eigenvalue weighted by molar-refractivity contribution is 5.92. The van der Waals surface area contributed by atoms with Gasteiger partial charge in [0.05, 0.1) is 12.8 Å². The number of likely N-dealkylation sites (tertiary alicyclic amines) is 1. The molecule has 0 aliphatic carbocycles. The van der Waals surface area contributed by atoms with E-state index in [1.807, 2.05) is 24.3 Å². The zero-order valence-electron chi connectivity index (χ0n) is 12.8. The molecule has 5 heteroatoms. The van der Waals surface area contributed by atoms with E-state index in [9.17, 15) is 4.79 Å². The molecule has 1 unspecified atom stereocenters. The fourth-order valence-corrected chi connectivity index (χ4v) is 2.71. The summed E-state index contributed by atoms with van der Waals surface area (Å²) in [5.74, 6) is 1.50. The number of carbonyl (C=O) groups is 1. The molecule has 0 radical (unpaired) electrons. The zero-order chi connectivity index (χ0) is 14.4. The summed E-state index contributed by atoms with van der Waals surface area (Å²) in [4.78, 5) is 14.4. The van der Waals surface area contributed by atoms with Crippen LogP contribution in [0.25, 0.3) is 0 Å². The minimum absolute atomic E-state index is 0. The van der Waals surface area contributed by atoms with Crippen molar-refractivity contribution in [1.82, 2.24) is 4.90 Å². The number of piperidine rings is 1. The average Bonchev–Trinajstić information content (AvgIpc) is 2.46. The van der Waals surface area contributed by atoms with Crippen LogP contribution in [0.3, 0.4) is 0 Å². The van der Waals surface area contributed by atoms with Gasteiger partial charge >= 0.3 is 0 Å². The Kier molecular flexibility index (Phi) is 7.54. The quantitative estimate of drug-likeness (QED) is 0.908. The van der Waals surface area contributed by atoms with Crippen molar-refractivity contribution in [2.45, 2.75) is 26.2 Å². The first-order chi connectivity index (χ1) is 9.69. The number of hydrogen-bond donors (Lipinski definition) is 1. The van der Waals surface area contributed by atoms with Gasteiger partial charge in [0.2, 0.25) is 5.91 Å². The van der Waals surface area contributed by atoms with Crippen molar-refractivity contribution in [1.29, 1.82) is 0 Å². The minimum Gasteiger partial charge on any atom is -0.495 e. The summed E-state index contributed by atoms with van der Waals surface area (Å²) in [7, 11) is 1.61. The summed E-state index contributed by atoms with van der Waals surface area (Å²) in [6, 6.07) is 7.50. The second-order valence-corrected chi connectivity index (χ2v) is 5.55. The van der Waals surface area contributed by atoms with Gasteiger partial charge in [-0.3, -0.25) is 4.79 Å². The summed E-state index contributed by atoms with van der Waals surface area (Å²) in [5, 5.41) is 2.92. The van der Waals surface area contributed by atoms with Gasteiger partial charge < -0.3 is 15.0 Å². The lowest BCUT2D eigenvalue weighted by Gasteiger charge is -2.30. The zero-order valence-corrected chi connectivity index (χ0v) is 13.6. The van der Waals surface area contributed by atoms with Gasteiger partial charge in [-0.2, -0.15) is 0 Å². The molecular formula is C16H25ClN2O2. The van der Waals surface area contributed by atoms with Crippen LogP contribution in [0.15, 0.2) is 24.3 Å². The van der Waals surface area contributed by atoms with E-state index in [0.29, 0.717) is 12.2 Å². The molecule has 1 atom stereocenters. The van der Waals surface area contributed by atoms with E-state index in [4.69, 9.17) is 4.74 Å². The van der Waals surface area contributed by atoms with E-state index in [1.165, 1.54) is 12.8 Å². The van der Waals surface area contributed by atoms with E-state index >= 15 is 0 Å². The van der Waals surface area contributed by atoms with Gasteiger partial charge in [-0.15, -0.1) is 12.4 Å². The first-order valence-corrected chi connectivity index (χ1v) is 7.34. The number of para-hydroxylation sites is 2. The molecule has 1 heterocycles. The predicted molar refractivity (Wildman–Crippen MR) is 88.3 cm³/mol. The maximum Gasteiger partial charge on any atom is 0.225 e. The van der Waals surface area contributed by atoms with Crippen LogP contribution in [-0.4, -0.2) is 37.6 Å². The number of ether oxygens (including phenoxy) is 1. The van der Waals surface area contributed by atoms with Crippen molar-refractivity contribution in [3.05, 3.63) is 24.3 Å². The fourth-order valence-electron chi connectivity index (χ4n) is 2.71. The lowest BCUT2D eigenvalue weighted by Crippen LogP contribution is -2.36. The second kappa shape index (κ2) is 8.90. The number of halogens is 1. The number of methoxy groups -OCH3 is 1. The van der Waals surface area contributed by atoms with Crippen molar-refractivity contribution in [3.63, 3.8) is 0 Å². The molecule has 21 heavy (non-hydrogen) atoms. The molecule has 1 aliphatic rings. The first-order valence-electron chi connectivity index (χ1n) is 7.34. The van der Waals surface area contributed by atoms with Crippen LogP contribution in [0.5, 0.6) is 5.75 Å². The minimum atomic E-state index is 0. The van der Waals surface area contributed by atoms with E-state index < -0.39 is 0 Å². The predicted octanol–water partition coefficient (Wildman–Crippen LogP) is 3.18. The summed E-state index contributed by atoms with van der Waals surface area (Å²) >= 11 is 0. The molecule has 1 aromatic rings. The van der Waals surface area contributed by atoms with Gasteiger partial charge in [0.15, 0.2) is 0 Å². The topological polar surface area (TPSA) is 41.6 Å². The Labute approximate surface area is 133 Å². The van der Waals surface area contributed by atoms with Gasteiger partial charge in [0.25, 0.3) is 0 Å². The van der Waals surface area contributed by atoms with Crippen molar-refractivity contribution < 1.29 is 9.53 Å². The smallest absolute Gasteiger partial charge is 0.225 e. The van der Waals surface area contributed by atoms with Crippen molar-refractivity contribution in [2.75, 3.05) is 32.1 Å². The van der Waals surface area contributed by atoms with Crippen LogP contribution in [0.2, 0.25) is 0 Å². The van der Waals surface area contributed by atoms with Crippen LogP contribution < -0.4 is 10.1 Å². The van der Waals surface area contributed by atoms with E-state index in [1.54, 1.807) is 7.11 Å². The summed E-state index contributed by atoms with van der Waals surface area (Å²) in [6.45, 7) is 5.35. The average molecular weight is 313 g/mol. The van der Waals surface area contributed by atoms with E-state index in [-0.39, 0.29) is 18.3 Å². The summed E-state index contributed by atoms with van der Waals surface area (Å²) in [6.07, 6.45) is 3.09. The molecule has 0 saturated carbocycles. The highest BCUT2D eigenvalue weighted by Crippen LogP contribution is 2.23. The normalized spacial score (nSPS) is 18.7. The summed E-state index contributed by atoms with van der Waals surface area (Å²) in [5.41, 5.74) is 0.743. The number of benzene rings is 1. The molecule has 118 valence electrons. The highest BCUT2D eigenvalue weighted by atomic mass is 35.5. The number of nitrogens with one attached hydrogen (secondary N) is 1. The first kappa shape index (κ1) is 17.8. The SMILES string of the molecule is COc1ccccc1NC(=O)CCN1CCCC(C)C1.Cl. The Bertz CT molecular complexity index is 454. The number of amides is 1. The van der Waals surface area contributed by atoms with Crippen LogP contribution in [0.4, 0.5) is 5.69 Å². The molecule has 1 aliphatic heterocycles. The third kappa shape index (κ3) is 5.56. The Morgan fingerprint density at radius 2 is 2.19 bits per heavy atom. The Morgan fingerprint density at radius 3 is 2.90 bits per heavy atom. The number of nitrogens with zero attached hydrogens (tertiary/aromatic N) is 1. The number of carbonyl (C=O) groups excluding carboxylic acids is 1. The Balaban J connectivity index is 0.00000220.